The van der Waals surface area contributed by atoms with Gasteiger partial charge in [-0.25, -0.2) is 0 Å². The standard InChI is InChI=1S/C16H21NO2/c1-3-12(2)15(18)14-10-7-11-17(14)16(19)13-8-5-4-6-9-13/h4-6,8-9,12,14H,3,7,10-11H2,1-2H3. The average Bonchev–Trinajstić information content (AvgIpc) is 2.95. The third-order valence-corrected chi connectivity index (χ3v) is 3.96. The van der Waals surface area contributed by atoms with Gasteiger partial charge in [-0.3, -0.25) is 9.59 Å². The van der Waals surface area contributed by atoms with Crippen molar-refractivity contribution < 1.29 is 9.59 Å². The van der Waals surface area contributed by atoms with Crippen LogP contribution in [0.2, 0.25) is 0 Å². The van der Waals surface area contributed by atoms with Crippen LogP contribution in [0, 0.1) is 5.92 Å². The summed E-state index contributed by atoms with van der Waals surface area (Å²) in [5.74, 6) is 0.234. The van der Waals surface area contributed by atoms with Crippen LogP contribution in [0.3, 0.4) is 0 Å². The summed E-state index contributed by atoms with van der Waals surface area (Å²) < 4.78 is 0. The Bertz CT molecular complexity index is 455. The molecule has 2 rings (SSSR count). The monoisotopic (exact) mass is 259 g/mol. The van der Waals surface area contributed by atoms with Crippen LogP contribution in [0.15, 0.2) is 30.3 Å². The SMILES string of the molecule is CCC(C)C(=O)C1CCCN1C(=O)c1ccccc1. The number of hydrogen-bond acceptors (Lipinski definition) is 2. The van der Waals surface area contributed by atoms with Crippen molar-refractivity contribution in [3.63, 3.8) is 0 Å². The highest BCUT2D eigenvalue weighted by molar-refractivity contribution is 5.98. The Hall–Kier alpha value is -1.64. The molecule has 0 N–H and O–H groups in total. The number of likely N-dealkylation sites (tertiary alicyclic amines) is 1. The van der Waals surface area contributed by atoms with E-state index >= 15 is 0 Å². The van der Waals surface area contributed by atoms with E-state index in [0.717, 1.165) is 19.3 Å². The molecule has 1 aromatic rings. The maximum atomic E-state index is 12.4. The summed E-state index contributed by atoms with van der Waals surface area (Å²) >= 11 is 0. The predicted octanol–water partition coefficient (Wildman–Crippen LogP) is 2.91. The van der Waals surface area contributed by atoms with Crippen molar-refractivity contribution in [1.29, 1.82) is 0 Å². The number of amides is 1. The molecule has 2 atom stereocenters. The molecular weight excluding hydrogens is 238 g/mol. The van der Waals surface area contributed by atoms with Crippen molar-refractivity contribution in [1.82, 2.24) is 4.90 Å². The van der Waals surface area contributed by atoms with E-state index < -0.39 is 0 Å². The molecule has 1 aliphatic rings. The number of carbonyl (C=O) groups excluding carboxylic acids is 2. The van der Waals surface area contributed by atoms with E-state index in [1.807, 2.05) is 44.2 Å². The van der Waals surface area contributed by atoms with Crippen LogP contribution in [0.1, 0.15) is 43.5 Å². The molecule has 1 aromatic carbocycles. The number of hydrogen-bond donors (Lipinski definition) is 0. The average molecular weight is 259 g/mol. The van der Waals surface area contributed by atoms with E-state index in [1.54, 1.807) is 4.90 Å². The van der Waals surface area contributed by atoms with Gasteiger partial charge in [0.15, 0.2) is 5.78 Å². The Balaban J connectivity index is 2.15. The minimum Gasteiger partial charge on any atom is -0.329 e. The van der Waals surface area contributed by atoms with E-state index in [2.05, 4.69) is 0 Å². The number of ketones is 1. The highest BCUT2D eigenvalue weighted by Crippen LogP contribution is 2.24. The fourth-order valence-electron chi connectivity index (χ4n) is 2.58. The minimum atomic E-state index is -0.220. The van der Waals surface area contributed by atoms with E-state index in [1.165, 1.54) is 0 Å². The van der Waals surface area contributed by atoms with Crippen LogP contribution >= 0.6 is 0 Å². The van der Waals surface area contributed by atoms with Gasteiger partial charge in [0.1, 0.15) is 0 Å². The van der Waals surface area contributed by atoms with Crippen molar-refractivity contribution >= 4 is 11.7 Å². The lowest BCUT2D eigenvalue weighted by molar-refractivity contribution is -0.126. The van der Waals surface area contributed by atoms with Gasteiger partial charge in [0.2, 0.25) is 0 Å². The molecule has 3 nitrogen and oxygen atoms in total. The summed E-state index contributed by atoms with van der Waals surface area (Å²) in [5.41, 5.74) is 0.673. The zero-order valence-corrected chi connectivity index (χ0v) is 11.6. The topological polar surface area (TPSA) is 37.4 Å². The van der Waals surface area contributed by atoms with Gasteiger partial charge in [-0.15, -0.1) is 0 Å². The first kappa shape index (κ1) is 13.8. The van der Waals surface area contributed by atoms with Crippen molar-refractivity contribution in [3.8, 4) is 0 Å². The van der Waals surface area contributed by atoms with Gasteiger partial charge in [0, 0.05) is 18.0 Å². The molecule has 0 aliphatic carbocycles. The van der Waals surface area contributed by atoms with Gasteiger partial charge >= 0.3 is 0 Å². The molecule has 2 unspecified atom stereocenters. The Kier molecular flexibility index (Phi) is 4.35. The molecule has 1 heterocycles. The van der Waals surface area contributed by atoms with Crippen molar-refractivity contribution in [3.05, 3.63) is 35.9 Å². The van der Waals surface area contributed by atoms with Crippen LogP contribution < -0.4 is 0 Å². The Morgan fingerprint density at radius 3 is 2.63 bits per heavy atom. The molecule has 3 heteroatoms. The van der Waals surface area contributed by atoms with Crippen LogP contribution in [-0.4, -0.2) is 29.2 Å². The van der Waals surface area contributed by atoms with Crippen molar-refractivity contribution in [2.45, 2.75) is 39.2 Å². The fraction of sp³-hybridized carbons (Fsp3) is 0.500. The Morgan fingerprint density at radius 2 is 2.00 bits per heavy atom. The van der Waals surface area contributed by atoms with Gasteiger partial charge in [-0.05, 0) is 31.4 Å². The number of Topliss-reactive ketones (excluding diaryl/α,β-unsaturated/α-hetero) is 1. The number of nitrogens with zero attached hydrogens (tertiary/aromatic N) is 1. The lowest BCUT2D eigenvalue weighted by Gasteiger charge is -2.25. The first-order valence-corrected chi connectivity index (χ1v) is 7.05. The molecule has 0 radical (unpaired) electrons. The quantitative estimate of drug-likeness (QED) is 0.833. The summed E-state index contributed by atoms with van der Waals surface area (Å²) in [4.78, 5) is 26.5. The van der Waals surface area contributed by atoms with E-state index in [4.69, 9.17) is 0 Å². The molecule has 1 amide bonds. The molecule has 1 aliphatic heterocycles. The minimum absolute atomic E-state index is 0.0141. The first-order valence-electron chi connectivity index (χ1n) is 7.05. The molecule has 19 heavy (non-hydrogen) atoms. The second-order valence-corrected chi connectivity index (χ2v) is 5.23. The molecule has 0 spiro atoms. The molecule has 1 fully saturated rings. The number of benzene rings is 1. The normalized spacial score (nSPS) is 20.3. The molecule has 0 bridgehead atoms. The van der Waals surface area contributed by atoms with Crippen LogP contribution in [0.25, 0.3) is 0 Å². The number of carbonyl (C=O) groups is 2. The van der Waals surface area contributed by atoms with Gasteiger partial charge in [-0.2, -0.15) is 0 Å². The van der Waals surface area contributed by atoms with E-state index in [-0.39, 0.29) is 23.7 Å². The van der Waals surface area contributed by atoms with Gasteiger partial charge < -0.3 is 4.90 Å². The Morgan fingerprint density at radius 1 is 1.32 bits per heavy atom. The van der Waals surface area contributed by atoms with Crippen molar-refractivity contribution in [2.24, 2.45) is 5.92 Å². The summed E-state index contributed by atoms with van der Waals surface area (Å²) in [6.07, 6.45) is 2.57. The summed E-state index contributed by atoms with van der Waals surface area (Å²) in [5, 5.41) is 0. The molecule has 1 saturated heterocycles. The van der Waals surface area contributed by atoms with E-state index in [0.29, 0.717) is 12.1 Å². The maximum Gasteiger partial charge on any atom is 0.254 e. The highest BCUT2D eigenvalue weighted by Gasteiger charge is 2.35. The molecule has 0 saturated carbocycles. The molecular formula is C16H21NO2. The summed E-state index contributed by atoms with van der Waals surface area (Å²) in [7, 11) is 0. The molecule has 0 aromatic heterocycles. The summed E-state index contributed by atoms with van der Waals surface area (Å²) in [6.45, 7) is 4.66. The predicted molar refractivity (Wildman–Crippen MR) is 75.0 cm³/mol. The van der Waals surface area contributed by atoms with Gasteiger partial charge in [-0.1, -0.05) is 32.0 Å². The highest BCUT2D eigenvalue weighted by atomic mass is 16.2. The third-order valence-electron chi connectivity index (χ3n) is 3.96. The second kappa shape index (κ2) is 6.00. The summed E-state index contributed by atoms with van der Waals surface area (Å²) in [6, 6.07) is 9.01. The smallest absolute Gasteiger partial charge is 0.254 e. The van der Waals surface area contributed by atoms with Crippen molar-refractivity contribution in [2.75, 3.05) is 6.54 Å². The van der Waals surface area contributed by atoms with Gasteiger partial charge in [0.05, 0.1) is 6.04 Å². The van der Waals surface area contributed by atoms with Crippen LogP contribution in [-0.2, 0) is 4.79 Å². The first-order chi connectivity index (χ1) is 9.15. The lowest BCUT2D eigenvalue weighted by atomic mass is 9.96. The zero-order valence-electron chi connectivity index (χ0n) is 11.6. The van der Waals surface area contributed by atoms with Crippen LogP contribution in [0.5, 0.6) is 0 Å². The molecule has 102 valence electrons. The Labute approximate surface area is 114 Å². The third kappa shape index (κ3) is 2.86. The number of rotatable bonds is 4. The fourth-order valence-corrected chi connectivity index (χ4v) is 2.58. The van der Waals surface area contributed by atoms with E-state index in [9.17, 15) is 9.59 Å². The lowest BCUT2D eigenvalue weighted by Crippen LogP contribution is -2.42. The van der Waals surface area contributed by atoms with Gasteiger partial charge in [0.25, 0.3) is 5.91 Å². The van der Waals surface area contributed by atoms with Crippen LogP contribution in [0.4, 0.5) is 0 Å². The second-order valence-electron chi connectivity index (χ2n) is 5.23. The maximum absolute atomic E-state index is 12.4. The zero-order chi connectivity index (χ0) is 13.8. The largest absolute Gasteiger partial charge is 0.329 e.